The molecule has 25 heavy (non-hydrogen) atoms. The Morgan fingerprint density at radius 3 is 2.88 bits per heavy atom. The largest absolute Gasteiger partial charge is 0.335 e. The van der Waals surface area contributed by atoms with Crippen molar-refractivity contribution in [3.63, 3.8) is 0 Å². The predicted octanol–water partition coefficient (Wildman–Crippen LogP) is 4.28. The van der Waals surface area contributed by atoms with Gasteiger partial charge in [0.25, 0.3) is 0 Å². The van der Waals surface area contributed by atoms with E-state index in [9.17, 15) is 4.39 Å². The van der Waals surface area contributed by atoms with Gasteiger partial charge in [0, 0.05) is 27.6 Å². The maximum absolute atomic E-state index is 13.4. The molecule has 3 aromatic heterocycles. The zero-order chi connectivity index (χ0) is 17.2. The number of nitrogens with two attached hydrogens (primary N) is 1. The number of nitrogens with zero attached hydrogens (tertiary/aromatic N) is 4. The van der Waals surface area contributed by atoms with Crippen LogP contribution in [0.2, 0.25) is 0 Å². The molecule has 0 aliphatic rings. The summed E-state index contributed by atoms with van der Waals surface area (Å²) in [5, 5.41) is 15.9. The molecule has 126 valence electrons. The highest BCUT2D eigenvalue weighted by molar-refractivity contribution is 7.98. The van der Waals surface area contributed by atoms with Crippen LogP contribution in [-0.2, 0) is 5.75 Å². The van der Waals surface area contributed by atoms with Crippen LogP contribution in [0.3, 0.4) is 0 Å². The minimum Gasteiger partial charge on any atom is -0.335 e. The predicted molar refractivity (Wildman–Crippen MR) is 101 cm³/mol. The van der Waals surface area contributed by atoms with Gasteiger partial charge in [0.1, 0.15) is 10.8 Å². The molecular weight excluding hydrogens is 377 g/mol. The first-order chi connectivity index (χ1) is 12.2. The number of aromatic nitrogens is 4. The third-order valence-corrected chi connectivity index (χ3v) is 6.02. The van der Waals surface area contributed by atoms with E-state index in [2.05, 4.69) is 26.6 Å². The van der Waals surface area contributed by atoms with Gasteiger partial charge in [-0.3, -0.25) is 0 Å². The van der Waals surface area contributed by atoms with Gasteiger partial charge in [-0.15, -0.1) is 21.5 Å². The standard InChI is InChI=1S/C16H12FN5S3/c17-12-3-1-2-10(6-12)14-20-21-16(22(14)18)25-9-13-8-24-15(19-13)11-4-5-23-7-11/h1-8H,9,18H2. The average Bonchev–Trinajstić information content (AvgIpc) is 3.34. The van der Waals surface area contributed by atoms with Crippen molar-refractivity contribution >= 4 is 34.4 Å². The number of hydrogen-bond acceptors (Lipinski definition) is 7. The Labute approximate surface area is 155 Å². The van der Waals surface area contributed by atoms with E-state index in [1.165, 1.54) is 28.6 Å². The van der Waals surface area contributed by atoms with Gasteiger partial charge in [0.05, 0.1) is 5.69 Å². The van der Waals surface area contributed by atoms with E-state index in [0.717, 1.165) is 16.3 Å². The van der Waals surface area contributed by atoms with Crippen molar-refractivity contribution in [2.24, 2.45) is 0 Å². The molecule has 0 radical (unpaired) electrons. The van der Waals surface area contributed by atoms with E-state index in [0.29, 0.717) is 22.3 Å². The monoisotopic (exact) mass is 389 g/mol. The summed E-state index contributed by atoms with van der Waals surface area (Å²) in [5.74, 6) is 6.80. The van der Waals surface area contributed by atoms with Crippen molar-refractivity contribution in [2.45, 2.75) is 10.9 Å². The quantitative estimate of drug-likeness (QED) is 0.408. The number of hydrogen-bond donors (Lipinski definition) is 1. The van der Waals surface area contributed by atoms with Gasteiger partial charge in [-0.1, -0.05) is 23.9 Å². The first-order valence-electron chi connectivity index (χ1n) is 7.27. The van der Waals surface area contributed by atoms with Gasteiger partial charge < -0.3 is 5.84 Å². The number of thiophene rings is 1. The second-order valence-corrected chi connectivity index (χ2v) is 7.71. The van der Waals surface area contributed by atoms with Crippen molar-refractivity contribution in [1.29, 1.82) is 0 Å². The lowest BCUT2D eigenvalue weighted by Crippen LogP contribution is -2.11. The van der Waals surface area contributed by atoms with Crippen molar-refractivity contribution in [3.8, 4) is 22.0 Å². The van der Waals surface area contributed by atoms with Crippen LogP contribution in [0, 0.1) is 5.82 Å². The lowest BCUT2D eigenvalue weighted by molar-refractivity contribution is 0.628. The number of nitrogen functional groups attached to an aromatic ring is 1. The molecule has 0 amide bonds. The summed E-state index contributed by atoms with van der Waals surface area (Å²) in [6.45, 7) is 0. The van der Waals surface area contributed by atoms with Gasteiger partial charge in [0.15, 0.2) is 5.82 Å². The summed E-state index contributed by atoms with van der Waals surface area (Å²) in [5.41, 5.74) is 2.70. The molecule has 0 fully saturated rings. The molecule has 3 heterocycles. The van der Waals surface area contributed by atoms with Gasteiger partial charge in [-0.05, 0) is 23.6 Å². The smallest absolute Gasteiger partial charge is 0.210 e. The molecule has 4 rings (SSSR count). The fraction of sp³-hybridized carbons (Fsp3) is 0.0625. The lowest BCUT2D eigenvalue weighted by Gasteiger charge is -2.03. The molecule has 0 bridgehead atoms. The lowest BCUT2D eigenvalue weighted by atomic mass is 10.2. The first-order valence-corrected chi connectivity index (χ1v) is 10.1. The molecule has 0 saturated heterocycles. The number of rotatable bonds is 5. The molecule has 0 aliphatic carbocycles. The highest BCUT2D eigenvalue weighted by Gasteiger charge is 2.14. The molecule has 5 nitrogen and oxygen atoms in total. The first kappa shape index (κ1) is 16.2. The van der Waals surface area contributed by atoms with Crippen LogP contribution in [0.15, 0.2) is 51.6 Å². The topological polar surface area (TPSA) is 69.6 Å². The number of thioether (sulfide) groups is 1. The summed E-state index contributed by atoms with van der Waals surface area (Å²) >= 11 is 4.72. The van der Waals surface area contributed by atoms with Crippen LogP contribution >= 0.6 is 34.4 Å². The Bertz CT molecular complexity index is 993. The highest BCUT2D eigenvalue weighted by Crippen LogP contribution is 2.29. The van der Waals surface area contributed by atoms with E-state index < -0.39 is 0 Å². The SMILES string of the molecule is Nn1c(SCc2csc(-c3ccsc3)n2)nnc1-c1cccc(F)c1. The molecule has 0 unspecified atom stereocenters. The Kier molecular flexibility index (Phi) is 4.51. The molecule has 0 saturated carbocycles. The Morgan fingerprint density at radius 2 is 2.08 bits per heavy atom. The molecule has 1 aromatic carbocycles. The van der Waals surface area contributed by atoms with Gasteiger partial charge >= 0.3 is 0 Å². The second kappa shape index (κ2) is 6.95. The van der Waals surface area contributed by atoms with E-state index in [-0.39, 0.29) is 5.82 Å². The van der Waals surface area contributed by atoms with Crippen LogP contribution in [0.25, 0.3) is 22.0 Å². The zero-order valence-corrected chi connectivity index (χ0v) is 15.2. The Morgan fingerprint density at radius 1 is 1.16 bits per heavy atom. The van der Waals surface area contributed by atoms with E-state index in [4.69, 9.17) is 5.84 Å². The van der Waals surface area contributed by atoms with Crippen molar-refractivity contribution in [3.05, 3.63) is 58.0 Å². The molecule has 2 N–H and O–H groups in total. The van der Waals surface area contributed by atoms with E-state index >= 15 is 0 Å². The van der Waals surface area contributed by atoms with Crippen LogP contribution in [0.5, 0.6) is 0 Å². The third-order valence-electron chi connectivity index (χ3n) is 3.42. The van der Waals surface area contributed by atoms with Crippen molar-refractivity contribution in [2.75, 3.05) is 5.84 Å². The summed E-state index contributed by atoms with van der Waals surface area (Å²) in [6.07, 6.45) is 0. The number of thiazole rings is 1. The molecule has 0 atom stereocenters. The van der Waals surface area contributed by atoms with Crippen LogP contribution < -0.4 is 5.84 Å². The summed E-state index contributed by atoms with van der Waals surface area (Å²) in [7, 11) is 0. The van der Waals surface area contributed by atoms with E-state index in [1.54, 1.807) is 34.8 Å². The van der Waals surface area contributed by atoms with Crippen LogP contribution in [0.4, 0.5) is 4.39 Å². The maximum Gasteiger partial charge on any atom is 0.210 e. The molecule has 9 heteroatoms. The minimum atomic E-state index is -0.335. The number of halogens is 1. The zero-order valence-electron chi connectivity index (χ0n) is 12.8. The fourth-order valence-corrected chi connectivity index (χ4v) is 4.62. The van der Waals surface area contributed by atoms with Gasteiger partial charge in [-0.25, -0.2) is 14.1 Å². The Balaban J connectivity index is 1.49. The minimum absolute atomic E-state index is 0.335. The third kappa shape index (κ3) is 3.44. The normalized spacial score (nSPS) is 11.1. The van der Waals surface area contributed by atoms with E-state index in [1.807, 2.05) is 10.8 Å². The maximum atomic E-state index is 13.4. The molecule has 4 aromatic rings. The fourth-order valence-electron chi connectivity index (χ4n) is 2.23. The average molecular weight is 390 g/mol. The van der Waals surface area contributed by atoms with Gasteiger partial charge in [0.2, 0.25) is 5.16 Å². The number of benzene rings is 1. The molecule has 0 aliphatic heterocycles. The van der Waals surface area contributed by atoms with Gasteiger partial charge in [-0.2, -0.15) is 11.3 Å². The Hall–Kier alpha value is -2.23. The summed E-state index contributed by atoms with van der Waals surface area (Å²) in [6, 6.07) is 8.19. The summed E-state index contributed by atoms with van der Waals surface area (Å²) < 4.78 is 14.8. The molecular formula is C16H12FN5S3. The van der Waals surface area contributed by atoms with Crippen molar-refractivity contribution in [1.82, 2.24) is 19.9 Å². The highest BCUT2D eigenvalue weighted by atomic mass is 32.2. The van der Waals surface area contributed by atoms with Crippen LogP contribution in [-0.4, -0.2) is 19.9 Å². The second-order valence-electron chi connectivity index (χ2n) is 5.13. The van der Waals surface area contributed by atoms with Crippen LogP contribution in [0.1, 0.15) is 5.69 Å². The molecule has 0 spiro atoms. The van der Waals surface area contributed by atoms with Crippen molar-refractivity contribution < 1.29 is 4.39 Å². The summed E-state index contributed by atoms with van der Waals surface area (Å²) in [4.78, 5) is 4.63.